The highest BCUT2D eigenvalue weighted by Crippen LogP contribution is 2.22. The van der Waals surface area contributed by atoms with Gasteiger partial charge in [0.25, 0.3) is 0 Å². The molecule has 5 heteroatoms. The first-order valence-corrected chi connectivity index (χ1v) is 7.28. The smallest absolute Gasteiger partial charge is 0.248 e. The van der Waals surface area contributed by atoms with Gasteiger partial charge in [-0.3, -0.25) is 4.79 Å². The van der Waals surface area contributed by atoms with Crippen LogP contribution in [0.3, 0.4) is 0 Å². The van der Waals surface area contributed by atoms with Crippen molar-refractivity contribution < 1.29 is 4.79 Å². The molecule has 0 aromatic heterocycles. The molecule has 0 aliphatic rings. The van der Waals surface area contributed by atoms with E-state index in [1.165, 1.54) is 6.08 Å². The SMILES string of the molecule is O=C(/C=C/c1cccc(Br)c1)Nc1cc(Cl)cc(Cl)c1. The monoisotopic (exact) mass is 369 g/mol. The summed E-state index contributed by atoms with van der Waals surface area (Å²) in [6, 6.07) is 12.5. The minimum absolute atomic E-state index is 0.247. The summed E-state index contributed by atoms with van der Waals surface area (Å²) >= 11 is 15.1. The first kappa shape index (κ1) is 15.1. The van der Waals surface area contributed by atoms with E-state index < -0.39 is 0 Å². The Hall–Kier alpha value is -1.29. The number of anilines is 1. The fraction of sp³-hybridized carbons (Fsp3) is 0. The molecule has 0 aliphatic carbocycles. The van der Waals surface area contributed by atoms with Crippen molar-refractivity contribution in [3.8, 4) is 0 Å². The Balaban J connectivity index is 2.05. The summed E-state index contributed by atoms with van der Waals surface area (Å²) in [5, 5.41) is 3.65. The van der Waals surface area contributed by atoms with Gasteiger partial charge in [0.1, 0.15) is 0 Å². The van der Waals surface area contributed by atoms with Crippen LogP contribution in [0.2, 0.25) is 10.0 Å². The van der Waals surface area contributed by atoms with Gasteiger partial charge in [-0.1, -0.05) is 51.3 Å². The lowest BCUT2D eigenvalue weighted by Gasteiger charge is -2.03. The molecule has 0 heterocycles. The number of halogens is 3. The van der Waals surface area contributed by atoms with Crippen molar-refractivity contribution in [1.29, 1.82) is 0 Å². The van der Waals surface area contributed by atoms with Gasteiger partial charge in [-0.05, 0) is 42.0 Å². The number of hydrogen-bond donors (Lipinski definition) is 1. The van der Waals surface area contributed by atoms with Crippen molar-refractivity contribution in [3.05, 3.63) is 68.6 Å². The lowest BCUT2D eigenvalue weighted by molar-refractivity contribution is -0.111. The molecule has 0 atom stereocenters. The van der Waals surface area contributed by atoms with E-state index in [-0.39, 0.29) is 5.91 Å². The molecule has 1 N–H and O–H groups in total. The third-order valence-corrected chi connectivity index (χ3v) is 3.34. The molecular weight excluding hydrogens is 361 g/mol. The van der Waals surface area contributed by atoms with Gasteiger partial charge >= 0.3 is 0 Å². The normalized spacial score (nSPS) is 10.8. The molecule has 0 unspecified atom stereocenters. The van der Waals surface area contributed by atoms with Crippen LogP contribution in [0.25, 0.3) is 6.08 Å². The summed E-state index contributed by atoms with van der Waals surface area (Å²) < 4.78 is 0.960. The quantitative estimate of drug-likeness (QED) is 0.719. The second kappa shape index (κ2) is 6.93. The van der Waals surface area contributed by atoms with Crippen molar-refractivity contribution >= 4 is 56.8 Å². The molecule has 0 radical (unpaired) electrons. The van der Waals surface area contributed by atoms with Crippen LogP contribution in [0.15, 0.2) is 53.0 Å². The van der Waals surface area contributed by atoms with Gasteiger partial charge in [-0.25, -0.2) is 0 Å². The number of carbonyl (C=O) groups is 1. The van der Waals surface area contributed by atoms with Crippen LogP contribution in [0.5, 0.6) is 0 Å². The van der Waals surface area contributed by atoms with Crippen LogP contribution in [0, 0.1) is 0 Å². The van der Waals surface area contributed by atoms with Crippen LogP contribution in [-0.2, 0) is 4.79 Å². The third-order valence-electron chi connectivity index (χ3n) is 2.41. The number of hydrogen-bond acceptors (Lipinski definition) is 1. The minimum Gasteiger partial charge on any atom is -0.322 e. The van der Waals surface area contributed by atoms with Gasteiger partial charge in [0.05, 0.1) is 0 Å². The van der Waals surface area contributed by atoms with E-state index >= 15 is 0 Å². The molecule has 1 amide bonds. The van der Waals surface area contributed by atoms with E-state index in [0.717, 1.165) is 10.0 Å². The maximum atomic E-state index is 11.8. The maximum absolute atomic E-state index is 11.8. The summed E-state index contributed by atoms with van der Waals surface area (Å²) in [7, 11) is 0. The molecular formula is C15H10BrCl2NO. The van der Waals surface area contributed by atoms with Crippen LogP contribution >= 0.6 is 39.1 Å². The van der Waals surface area contributed by atoms with Crippen LogP contribution in [-0.4, -0.2) is 5.91 Å². The zero-order valence-corrected chi connectivity index (χ0v) is 13.3. The Kier molecular flexibility index (Phi) is 5.24. The van der Waals surface area contributed by atoms with Gasteiger partial charge < -0.3 is 5.32 Å². The molecule has 0 spiro atoms. The summed E-state index contributed by atoms with van der Waals surface area (Å²) in [5.41, 5.74) is 1.49. The number of benzene rings is 2. The fourth-order valence-corrected chi connectivity index (χ4v) is 2.54. The number of nitrogens with one attached hydrogen (secondary N) is 1. The van der Waals surface area contributed by atoms with Gasteiger partial charge in [-0.2, -0.15) is 0 Å². The molecule has 2 aromatic carbocycles. The molecule has 0 bridgehead atoms. The first-order valence-electron chi connectivity index (χ1n) is 5.74. The van der Waals surface area contributed by atoms with Crippen LogP contribution in [0.1, 0.15) is 5.56 Å². The Morgan fingerprint density at radius 2 is 1.80 bits per heavy atom. The van der Waals surface area contributed by atoms with E-state index in [1.807, 2.05) is 24.3 Å². The predicted molar refractivity (Wildman–Crippen MR) is 88.3 cm³/mol. The van der Waals surface area contributed by atoms with E-state index in [1.54, 1.807) is 24.3 Å². The summed E-state index contributed by atoms with van der Waals surface area (Å²) in [6.07, 6.45) is 3.18. The molecule has 0 saturated heterocycles. The van der Waals surface area contributed by atoms with E-state index in [9.17, 15) is 4.79 Å². The molecule has 0 fully saturated rings. The molecule has 2 rings (SSSR count). The molecule has 2 nitrogen and oxygen atoms in total. The Morgan fingerprint density at radius 1 is 1.10 bits per heavy atom. The standard InChI is InChI=1S/C15H10BrCl2NO/c16-11-3-1-2-10(6-11)4-5-15(20)19-14-8-12(17)7-13(18)9-14/h1-9H,(H,19,20)/b5-4+. The van der Waals surface area contributed by atoms with Crippen molar-refractivity contribution in [1.82, 2.24) is 0 Å². The predicted octanol–water partition coefficient (Wildman–Crippen LogP) is 5.41. The molecule has 2 aromatic rings. The van der Waals surface area contributed by atoms with Crippen molar-refractivity contribution in [2.45, 2.75) is 0 Å². The van der Waals surface area contributed by atoms with Gasteiger partial charge in [0, 0.05) is 26.3 Å². The second-order valence-electron chi connectivity index (χ2n) is 4.04. The fourth-order valence-electron chi connectivity index (χ4n) is 1.59. The van der Waals surface area contributed by atoms with Crippen molar-refractivity contribution in [3.63, 3.8) is 0 Å². The largest absolute Gasteiger partial charge is 0.322 e. The van der Waals surface area contributed by atoms with Crippen molar-refractivity contribution in [2.24, 2.45) is 0 Å². The number of rotatable bonds is 3. The number of carbonyl (C=O) groups excluding carboxylic acids is 1. The van der Waals surface area contributed by atoms with E-state index in [2.05, 4.69) is 21.2 Å². The Bertz CT molecular complexity index is 650. The minimum atomic E-state index is -0.247. The highest BCUT2D eigenvalue weighted by molar-refractivity contribution is 9.10. The first-order chi connectivity index (χ1) is 9.52. The molecule has 0 saturated carbocycles. The third kappa shape index (κ3) is 4.67. The molecule has 102 valence electrons. The van der Waals surface area contributed by atoms with Gasteiger partial charge in [-0.15, -0.1) is 0 Å². The second-order valence-corrected chi connectivity index (χ2v) is 5.82. The highest BCUT2D eigenvalue weighted by atomic mass is 79.9. The van der Waals surface area contributed by atoms with Gasteiger partial charge in [0.15, 0.2) is 0 Å². The van der Waals surface area contributed by atoms with E-state index in [0.29, 0.717) is 15.7 Å². The van der Waals surface area contributed by atoms with E-state index in [4.69, 9.17) is 23.2 Å². The summed E-state index contributed by atoms with van der Waals surface area (Å²) in [4.78, 5) is 11.8. The highest BCUT2D eigenvalue weighted by Gasteiger charge is 2.01. The summed E-state index contributed by atoms with van der Waals surface area (Å²) in [5.74, 6) is -0.247. The number of amides is 1. The van der Waals surface area contributed by atoms with Crippen LogP contribution < -0.4 is 5.32 Å². The topological polar surface area (TPSA) is 29.1 Å². The maximum Gasteiger partial charge on any atom is 0.248 e. The average molecular weight is 371 g/mol. The molecule has 20 heavy (non-hydrogen) atoms. The average Bonchev–Trinajstić information content (AvgIpc) is 2.35. The van der Waals surface area contributed by atoms with Crippen molar-refractivity contribution in [2.75, 3.05) is 5.32 Å². The van der Waals surface area contributed by atoms with Crippen LogP contribution in [0.4, 0.5) is 5.69 Å². The van der Waals surface area contributed by atoms with Gasteiger partial charge in [0.2, 0.25) is 5.91 Å². The zero-order chi connectivity index (χ0) is 14.5. The Morgan fingerprint density at radius 3 is 2.45 bits per heavy atom. The summed E-state index contributed by atoms with van der Waals surface area (Å²) in [6.45, 7) is 0. The lowest BCUT2D eigenvalue weighted by atomic mass is 10.2. The Labute approximate surface area is 135 Å². The lowest BCUT2D eigenvalue weighted by Crippen LogP contribution is -2.07. The zero-order valence-electron chi connectivity index (χ0n) is 10.2. The molecule has 0 aliphatic heterocycles.